The topological polar surface area (TPSA) is 243 Å². The second kappa shape index (κ2) is 14.9. The average Bonchev–Trinajstić information content (AvgIpc) is 3.74. The third-order valence-electron chi connectivity index (χ3n) is 8.71. The van der Waals surface area contributed by atoms with Crippen molar-refractivity contribution in [2.45, 2.75) is 122 Å². The number of carbonyl (C=O) groups is 1. The van der Waals surface area contributed by atoms with E-state index in [1.807, 2.05) is 6.92 Å². The molecule has 0 saturated carbocycles. The number of aldehydes is 1. The van der Waals surface area contributed by atoms with Gasteiger partial charge >= 0.3 is 0 Å². The Morgan fingerprint density at radius 1 is 0.981 bits per heavy atom. The van der Waals surface area contributed by atoms with Crippen molar-refractivity contribution < 1.29 is 59.7 Å². The molecule has 53 heavy (non-hydrogen) atoms. The van der Waals surface area contributed by atoms with Gasteiger partial charge in [0.25, 0.3) is 5.56 Å². The molecule has 9 unspecified atom stereocenters. The summed E-state index contributed by atoms with van der Waals surface area (Å²) >= 11 is 0. The van der Waals surface area contributed by atoms with Gasteiger partial charge in [-0.05, 0) is 61.8 Å². The molecule has 19 nitrogen and oxygen atoms in total. The first-order valence-electron chi connectivity index (χ1n) is 17.0. The van der Waals surface area contributed by atoms with Gasteiger partial charge in [0.2, 0.25) is 5.95 Å². The zero-order valence-corrected chi connectivity index (χ0v) is 33.5. The molecule has 4 saturated heterocycles. The van der Waals surface area contributed by atoms with Crippen molar-refractivity contribution in [1.82, 2.24) is 19.1 Å². The van der Waals surface area contributed by atoms with Crippen molar-refractivity contribution in [3.8, 4) is 0 Å². The minimum atomic E-state index is -4.12. The number of aliphatic imine (C=N–C) groups is 1. The summed E-state index contributed by atoms with van der Waals surface area (Å²) in [7, 11) is -11.1. The molecule has 6 heterocycles. The van der Waals surface area contributed by atoms with E-state index in [0.29, 0.717) is 18.5 Å². The number of hydrogen-bond acceptors (Lipinski definition) is 17. The number of rotatable bonds is 10. The summed E-state index contributed by atoms with van der Waals surface area (Å²) in [6, 6.07) is 0. The summed E-state index contributed by atoms with van der Waals surface area (Å²) in [6.45, 7) is 15.2. The molecular weight excluding hydrogens is 761 g/mol. The highest BCUT2D eigenvalue weighted by Crippen LogP contribution is 2.43. The van der Waals surface area contributed by atoms with E-state index in [9.17, 15) is 36.1 Å². The van der Waals surface area contributed by atoms with Crippen LogP contribution in [0.15, 0.2) is 16.1 Å². The molecule has 2 aromatic rings. The highest BCUT2D eigenvalue weighted by atomic mass is 32.3. The molecule has 0 radical (unpaired) electrons. The number of hydrogen-bond donors (Lipinski definition) is 1. The molecule has 0 amide bonds. The maximum atomic E-state index is 12.8. The van der Waals surface area contributed by atoms with Crippen LogP contribution in [0.1, 0.15) is 54.7 Å². The lowest BCUT2D eigenvalue weighted by Crippen LogP contribution is -2.57. The third kappa shape index (κ3) is 9.16. The Hall–Kier alpha value is -2.46. The Bertz CT molecular complexity index is 2060. The smallest absolute Gasteiger partial charge is 0.283 e. The van der Waals surface area contributed by atoms with E-state index in [2.05, 4.69) is 15.0 Å². The molecule has 4 fully saturated rings. The molecule has 298 valence electrons. The summed E-state index contributed by atoms with van der Waals surface area (Å²) in [4.78, 5) is 37.1. The quantitative estimate of drug-likeness (QED) is 0.200. The molecular formula is C31H48N5O14PS2. The van der Waals surface area contributed by atoms with E-state index in [1.165, 1.54) is 24.2 Å². The first-order valence-corrected chi connectivity index (χ1v) is 23.4. The molecule has 9 atom stereocenters. The van der Waals surface area contributed by atoms with E-state index < -0.39 is 110 Å². The van der Waals surface area contributed by atoms with Gasteiger partial charge < -0.3 is 42.9 Å². The van der Waals surface area contributed by atoms with Crippen molar-refractivity contribution in [3.63, 3.8) is 0 Å². The summed E-state index contributed by atoms with van der Waals surface area (Å²) < 4.78 is 98.0. The number of nitrogens with zero attached hydrogens (tertiary/aromatic N) is 5. The number of carbonyl (C=O) groups excluding carboxylic acids is 1. The van der Waals surface area contributed by atoms with E-state index in [4.69, 9.17) is 28.4 Å². The number of ether oxygens (including phenoxy) is 6. The van der Waals surface area contributed by atoms with Crippen molar-refractivity contribution >= 4 is 56.4 Å². The van der Waals surface area contributed by atoms with Crippen LogP contribution in [0.2, 0.25) is 0 Å². The zero-order valence-electron chi connectivity index (χ0n) is 31.0. The van der Waals surface area contributed by atoms with Gasteiger partial charge in [-0.25, -0.2) is 26.8 Å². The molecule has 4 aliphatic heterocycles. The second-order valence-electron chi connectivity index (χ2n) is 14.8. The van der Waals surface area contributed by atoms with Gasteiger partial charge in [-0.15, -0.1) is 0 Å². The van der Waals surface area contributed by atoms with Crippen LogP contribution in [0.3, 0.4) is 0 Å². The van der Waals surface area contributed by atoms with Crippen LogP contribution in [0, 0.1) is 0 Å². The van der Waals surface area contributed by atoms with Crippen LogP contribution in [0.5, 0.6) is 0 Å². The van der Waals surface area contributed by atoms with Crippen LogP contribution in [0.25, 0.3) is 11.2 Å². The van der Waals surface area contributed by atoms with Crippen molar-refractivity contribution in [2.24, 2.45) is 4.99 Å². The molecule has 0 spiro atoms. The summed E-state index contributed by atoms with van der Waals surface area (Å²) in [5.41, 5.74) is -0.430. The number of sulfone groups is 2. The average molecular weight is 810 g/mol. The number of fused-ring (bicyclic) bond motifs is 3. The third-order valence-corrected chi connectivity index (χ3v) is 16.5. The predicted octanol–water partition coefficient (Wildman–Crippen LogP) is 0.974. The molecule has 0 aromatic carbocycles. The van der Waals surface area contributed by atoms with Gasteiger partial charge in [-0.2, -0.15) is 4.98 Å². The van der Waals surface area contributed by atoms with Gasteiger partial charge in [-0.1, -0.05) is 0 Å². The first kappa shape index (κ1) is 41.7. The van der Waals surface area contributed by atoms with Crippen LogP contribution in [0.4, 0.5) is 5.95 Å². The standard InChI is InChI=1S/C17H21N5O5.C14H27O9PS2/c1-5-18-16-20-13-10(14(24)21(16)6-2)19-8-22(13)15-12-11(9(7-23)25-15)26-17(3,4)27-12;1-9-12-13(23-14(2,3)22-12)11(15)10(21-9)6-25(17,18)8-26(19,20)7-24(4,5)16/h5,7-9,11-12,15H,6H2,1-4H3;9-13,15H,6-8H2,1-5H3. The fourth-order valence-corrected chi connectivity index (χ4v) is 15.0. The van der Waals surface area contributed by atoms with Gasteiger partial charge in [0, 0.05) is 12.8 Å². The molecule has 6 rings (SSSR count). The summed E-state index contributed by atoms with van der Waals surface area (Å²) in [5, 5.41) is 9.31. The maximum absolute atomic E-state index is 12.8. The monoisotopic (exact) mass is 809 g/mol. The van der Waals surface area contributed by atoms with Gasteiger partial charge in [0.1, 0.15) is 48.2 Å². The minimum absolute atomic E-state index is 0.208. The van der Waals surface area contributed by atoms with Crippen molar-refractivity contribution in [3.05, 3.63) is 16.7 Å². The maximum Gasteiger partial charge on any atom is 0.283 e. The summed E-state index contributed by atoms with van der Waals surface area (Å²) in [5.74, 6) is -2.17. The SMILES string of the molecule is CC1OC(CS(=O)(=O)CS(=O)(=O)CP(C)(C)=O)C(O)C2OC(C)(C)OC12.CC=Nc1nc2c(ncn2C2OC(C=O)C3OC(C)(C)OC32)c(=O)n1CC. The number of aliphatic hydroxyl groups is 1. The van der Waals surface area contributed by atoms with Crippen molar-refractivity contribution in [1.29, 1.82) is 0 Å². The van der Waals surface area contributed by atoms with Crippen molar-refractivity contribution in [2.75, 3.05) is 29.7 Å². The lowest BCUT2D eigenvalue weighted by atomic mass is 9.96. The molecule has 0 bridgehead atoms. The highest BCUT2D eigenvalue weighted by molar-refractivity contribution is 8.10. The Morgan fingerprint density at radius 2 is 1.58 bits per heavy atom. The number of aromatic nitrogens is 4. The van der Waals surface area contributed by atoms with Gasteiger partial charge in [0.15, 0.2) is 60.0 Å². The zero-order chi connectivity index (χ0) is 39.5. The molecule has 2 aromatic heterocycles. The Kier molecular flexibility index (Phi) is 11.7. The first-order chi connectivity index (χ1) is 24.4. The number of imidazole rings is 1. The fraction of sp³-hybridized carbons (Fsp3) is 0.774. The van der Waals surface area contributed by atoms with E-state index in [0.717, 1.165) is 0 Å². The lowest BCUT2D eigenvalue weighted by molar-refractivity contribution is -0.194. The lowest BCUT2D eigenvalue weighted by Gasteiger charge is -2.38. The molecule has 1 N–H and O–H groups in total. The number of aliphatic hydroxyl groups excluding tert-OH is 1. The Morgan fingerprint density at radius 3 is 2.17 bits per heavy atom. The highest BCUT2D eigenvalue weighted by Gasteiger charge is 2.57. The van der Waals surface area contributed by atoms with Gasteiger partial charge in [-0.3, -0.25) is 13.9 Å². The van der Waals surface area contributed by atoms with E-state index >= 15 is 0 Å². The molecule has 4 aliphatic rings. The Balaban J connectivity index is 0.000000205. The normalized spacial score (nSPS) is 32.4. The largest absolute Gasteiger partial charge is 0.388 e. The van der Waals surface area contributed by atoms with E-state index in [1.54, 1.807) is 52.3 Å². The minimum Gasteiger partial charge on any atom is -0.388 e. The van der Waals surface area contributed by atoms with Crippen LogP contribution in [-0.4, -0.2) is 144 Å². The van der Waals surface area contributed by atoms with E-state index in [-0.39, 0.29) is 17.0 Å². The van der Waals surface area contributed by atoms with Crippen LogP contribution < -0.4 is 5.56 Å². The van der Waals surface area contributed by atoms with Crippen LogP contribution >= 0.6 is 7.14 Å². The predicted molar refractivity (Wildman–Crippen MR) is 191 cm³/mol. The fourth-order valence-electron chi connectivity index (χ4n) is 6.93. The molecule has 22 heteroatoms. The molecule has 0 aliphatic carbocycles. The second-order valence-corrected chi connectivity index (χ2v) is 23.2. The Labute approximate surface area is 307 Å². The summed E-state index contributed by atoms with van der Waals surface area (Å²) in [6.07, 6.45) is -3.05. The van der Waals surface area contributed by atoms with Crippen LogP contribution in [-0.2, 0) is 64.0 Å². The van der Waals surface area contributed by atoms with Gasteiger partial charge in [0.05, 0.1) is 25.3 Å².